The van der Waals surface area contributed by atoms with Gasteiger partial charge in [0.2, 0.25) is 12.0 Å². The molecule has 0 spiro atoms. The lowest BCUT2D eigenvalue weighted by atomic mass is 9.96. The number of nitrogens with zero attached hydrogens (tertiary/aromatic N) is 1. The molecule has 0 saturated heterocycles. The summed E-state index contributed by atoms with van der Waals surface area (Å²) in [6, 6.07) is 8.13. The molecule has 4 N–H and O–H groups in total. The lowest BCUT2D eigenvalue weighted by Crippen LogP contribution is -2.13. The maximum absolute atomic E-state index is 11.8. The molecule has 0 atom stereocenters. The molecule has 0 saturated carbocycles. The molecule has 0 heterocycles. The van der Waals surface area contributed by atoms with Gasteiger partial charge in [-0.2, -0.15) is 4.99 Å². The number of ether oxygens (including phenoxy) is 2. The fraction of sp³-hybridized carbons (Fsp3) is 0.125. The van der Waals surface area contributed by atoms with Crippen molar-refractivity contribution >= 4 is 23.4 Å². The Morgan fingerprint density at radius 2 is 1.83 bits per heavy atom. The van der Waals surface area contributed by atoms with E-state index in [1.54, 1.807) is 24.3 Å². The van der Waals surface area contributed by atoms with Gasteiger partial charge in [-0.15, -0.1) is 0 Å². The Hall–Kier alpha value is -3.31. The van der Waals surface area contributed by atoms with Crippen LogP contribution in [0.2, 0.25) is 0 Å². The van der Waals surface area contributed by atoms with E-state index in [9.17, 15) is 9.59 Å². The van der Waals surface area contributed by atoms with Crippen LogP contribution < -0.4 is 20.9 Å². The number of aliphatic imine (C=N–C) groups is 1. The van der Waals surface area contributed by atoms with Crippen LogP contribution in [0, 0.1) is 0 Å². The summed E-state index contributed by atoms with van der Waals surface area (Å²) in [7, 11) is 2.80. The monoisotopic (exact) mass is 313 g/mol. The number of methoxy groups -OCH3 is 2. The van der Waals surface area contributed by atoms with Crippen LogP contribution in [0.1, 0.15) is 10.4 Å². The molecule has 23 heavy (non-hydrogen) atoms. The van der Waals surface area contributed by atoms with Crippen molar-refractivity contribution in [3.8, 4) is 22.6 Å². The predicted octanol–water partition coefficient (Wildman–Crippen LogP) is 2.02. The molecule has 118 valence electrons. The summed E-state index contributed by atoms with van der Waals surface area (Å²) < 4.78 is 10.4. The fourth-order valence-electron chi connectivity index (χ4n) is 2.26. The first-order valence-electron chi connectivity index (χ1n) is 6.56. The second kappa shape index (κ2) is 6.64. The Balaban J connectivity index is 2.93. The predicted molar refractivity (Wildman–Crippen MR) is 85.7 cm³/mol. The van der Waals surface area contributed by atoms with Crippen LogP contribution in [0.15, 0.2) is 35.3 Å². The molecule has 2 aromatic carbocycles. The van der Waals surface area contributed by atoms with Crippen molar-refractivity contribution in [3.63, 3.8) is 0 Å². The average molecular weight is 313 g/mol. The third-order valence-corrected chi connectivity index (χ3v) is 3.27. The first-order valence-corrected chi connectivity index (χ1v) is 6.56. The highest BCUT2D eigenvalue weighted by Gasteiger charge is 2.23. The number of rotatable bonds is 5. The van der Waals surface area contributed by atoms with Crippen LogP contribution in [0.4, 0.5) is 11.4 Å². The van der Waals surface area contributed by atoms with Crippen LogP contribution in [0.3, 0.4) is 0 Å². The molecule has 0 aliphatic heterocycles. The quantitative estimate of drug-likeness (QED) is 0.497. The zero-order chi connectivity index (χ0) is 17.0. The first-order chi connectivity index (χ1) is 11.0. The number of carbonyl (C=O) groups excluding carboxylic acids is 2. The lowest BCUT2D eigenvalue weighted by Gasteiger charge is -2.16. The van der Waals surface area contributed by atoms with Crippen LogP contribution >= 0.6 is 0 Å². The minimum atomic E-state index is -0.694. The topological polar surface area (TPSA) is 117 Å². The minimum absolute atomic E-state index is 0.112. The molecule has 7 nitrogen and oxygen atoms in total. The second-order valence-electron chi connectivity index (χ2n) is 4.57. The second-order valence-corrected chi connectivity index (χ2v) is 4.57. The first kappa shape index (κ1) is 16.1. The van der Waals surface area contributed by atoms with Crippen LogP contribution in [0.25, 0.3) is 11.1 Å². The summed E-state index contributed by atoms with van der Waals surface area (Å²) in [6.45, 7) is 0. The number of isocyanates is 1. The average Bonchev–Trinajstić information content (AvgIpc) is 2.54. The van der Waals surface area contributed by atoms with Gasteiger partial charge >= 0.3 is 0 Å². The van der Waals surface area contributed by atoms with Crippen molar-refractivity contribution in [3.05, 3.63) is 35.9 Å². The summed E-state index contributed by atoms with van der Waals surface area (Å²) >= 11 is 0. The van der Waals surface area contributed by atoms with Gasteiger partial charge < -0.3 is 20.9 Å². The van der Waals surface area contributed by atoms with Gasteiger partial charge in [-0.1, -0.05) is 12.1 Å². The number of hydrogen-bond donors (Lipinski definition) is 2. The van der Waals surface area contributed by atoms with E-state index in [1.165, 1.54) is 26.4 Å². The molecule has 0 fully saturated rings. The van der Waals surface area contributed by atoms with Crippen molar-refractivity contribution in [1.82, 2.24) is 0 Å². The fourth-order valence-corrected chi connectivity index (χ4v) is 2.26. The number of amides is 1. The van der Waals surface area contributed by atoms with Crippen LogP contribution in [-0.4, -0.2) is 26.2 Å². The van der Waals surface area contributed by atoms with Crippen molar-refractivity contribution in [1.29, 1.82) is 0 Å². The summed E-state index contributed by atoms with van der Waals surface area (Å²) in [5.41, 5.74) is 12.9. The molecular weight excluding hydrogens is 298 g/mol. The molecule has 0 radical (unpaired) electrons. The largest absolute Gasteiger partial charge is 0.493 e. The molecule has 0 bridgehead atoms. The molecule has 0 aliphatic carbocycles. The minimum Gasteiger partial charge on any atom is -0.493 e. The number of benzene rings is 2. The molecule has 0 aliphatic rings. The SMILES string of the molecule is COc1cc(C(N)=O)c(-c2ccc(N)cc2)c(N=C=O)c1OC. The number of carbonyl (C=O) groups is 1. The van der Waals surface area contributed by atoms with E-state index >= 15 is 0 Å². The van der Waals surface area contributed by atoms with Gasteiger partial charge in [0.05, 0.1) is 19.8 Å². The Bertz CT molecular complexity index is 794. The lowest BCUT2D eigenvalue weighted by molar-refractivity contribution is 0.100. The molecule has 1 amide bonds. The van der Waals surface area contributed by atoms with Gasteiger partial charge in [0, 0.05) is 11.3 Å². The van der Waals surface area contributed by atoms with Crippen LogP contribution in [-0.2, 0) is 4.79 Å². The summed E-state index contributed by atoms with van der Waals surface area (Å²) in [6.07, 6.45) is 1.46. The van der Waals surface area contributed by atoms with Gasteiger partial charge in [0.15, 0.2) is 11.5 Å². The zero-order valence-corrected chi connectivity index (χ0v) is 12.6. The molecule has 0 aromatic heterocycles. The van der Waals surface area contributed by atoms with Crippen LogP contribution in [0.5, 0.6) is 11.5 Å². The summed E-state index contributed by atoms with van der Waals surface area (Å²) in [5.74, 6) is -0.262. The number of primary amides is 1. The van der Waals surface area contributed by atoms with Gasteiger partial charge in [0.1, 0.15) is 5.69 Å². The van der Waals surface area contributed by atoms with E-state index in [0.717, 1.165) is 0 Å². The highest BCUT2D eigenvalue weighted by atomic mass is 16.5. The number of nitrogens with two attached hydrogens (primary N) is 2. The van der Waals surface area contributed by atoms with Crippen molar-refractivity contribution in [2.45, 2.75) is 0 Å². The Labute approximate surface area is 132 Å². The van der Waals surface area contributed by atoms with E-state index in [4.69, 9.17) is 20.9 Å². The van der Waals surface area contributed by atoms with E-state index in [-0.39, 0.29) is 22.7 Å². The van der Waals surface area contributed by atoms with Gasteiger partial charge in [-0.3, -0.25) is 4.79 Å². The number of anilines is 1. The molecule has 2 rings (SSSR count). The molecule has 2 aromatic rings. The van der Waals surface area contributed by atoms with E-state index in [1.807, 2.05) is 0 Å². The maximum atomic E-state index is 11.8. The highest BCUT2D eigenvalue weighted by molar-refractivity contribution is 6.05. The maximum Gasteiger partial charge on any atom is 0.249 e. The molecular formula is C16H15N3O4. The Morgan fingerprint density at radius 1 is 1.17 bits per heavy atom. The standard InChI is InChI=1S/C16H15N3O4/c1-22-12-7-11(16(18)21)13(9-3-5-10(17)6-4-9)14(19-8-20)15(12)23-2/h3-7H,17H2,1-2H3,(H2,18,21). The highest BCUT2D eigenvalue weighted by Crippen LogP contribution is 2.46. The van der Waals surface area contributed by atoms with Gasteiger partial charge in [0.25, 0.3) is 0 Å². The third kappa shape index (κ3) is 3.00. The normalized spacial score (nSPS) is 9.83. The Morgan fingerprint density at radius 3 is 2.30 bits per heavy atom. The number of hydrogen-bond acceptors (Lipinski definition) is 6. The van der Waals surface area contributed by atoms with Gasteiger partial charge in [-0.05, 0) is 23.8 Å². The van der Waals surface area contributed by atoms with Crippen molar-refractivity contribution in [2.75, 3.05) is 20.0 Å². The molecule has 0 unspecified atom stereocenters. The van der Waals surface area contributed by atoms with Gasteiger partial charge in [-0.25, -0.2) is 4.79 Å². The van der Waals surface area contributed by atoms with Crippen molar-refractivity contribution in [2.24, 2.45) is 10.7 Å². The Kier molecular flexibility index (Phi) is 4.64. The third-order valence-electron chi connectivity index (χ3n) is 3.27. The van der Waals surface area contributed by atoms with E-state index in [0.29, 0.717) is 16.8 Å². The summed E-state index contributed by atoms with van der Waals surface area (Å²) in [5, 5.41) is 0. The van der Waals surface area contributed by atoms with E-state index in [2.05, 4.69) is 4.99 Å². The number of nitrogen functional groups attached to an aromatic ring is 1. The van der Waals surface area contributed by atoms with E-state index < -0.39 is 5.91 Å². The molecule has 7 heteroatoms. The van der Waals surface area contributed by atoms with Crippen molar-refractivity contribution < 1.29 is 19.1 Å². The zero-order valence-electron chi connectivity index (χ0n) is 12.6. The summed E-state index contributed by atoms with van der Waals surface area (Å²) in [4.78, 5) is 26.4. The smallest absolute Gasteiger partial charge is 0.249 e.